The van der Waals surface area contributed by atoms with Crippen LogP contribution in [0.3, 0.4) is 0 Å². The van der Waals surface area contributed by atoms with Gasteiger partial charge in [0.1, 0.15) is 12.4 Å². The number of aliphatic hydroxyl groups is 3. The third kappa shape index (κ3) is 2.99. The van der Waals surface area contributed by atoms with Crippen molar-refractivity contribution in [3.8, 4) is 11.4 Å². The van der Waals surface area contributed by atoms with Crippen LogP contribution in [0.1, 0.15) is 65.5 Å². The molecule has 1 aromatic carbocycles. The highest BCUT2D eigenvalue weighted by atomic mass is 19.1. The van der Waals surface area contributed by atoms with Crippen LogP contribution in [0.4, 0.5) is 4.39 Å². The molecule has 3 aromatic rings. The number of nitrogens with zero attached hydrogens (tertiary/aromatic N) is 2. The summed E-state index contributed by atoms with van der Waals surface area (Å²) in [6.45, 7) is 3.05. The standard InChI is InChI=1S/C27H27FN2O6/c1-3-27(35)18-7-21-24-16(9-30(21)25(33)17(18)11-36-26(27)34)22-13(6-14(32)10-31)4-5-15-12(2)19(28)8-20(29-24)23(15)22/h7-8,13-14,31-32,35H,3-6,9-11H2,1-2H3/t13?,14?,27-/m0/s1. The third-order valence-corrected chi connectivity index (χ3v) is 8.26. The van der Waals surface area contributed by atoms with E-state index in [1.54, 1.807) is 24.5 Å². The number of carbonyl (C=O) groups is 1. The molecule has 36 heavy (non-hydrogen) atoms. The van der Waals surface area contributed by atoms with E-state index in [2.05, 4.69) is 0 Å². The molecule has 0 spiro atoms. The van der Waals surface area contributed by atoms with E-state index in [4.69, 9.17) is 9.72 Å². The van der Waals surface area contributed by atoms with Gasteiger partial charge < -0.3 is 24.6 Å². The lowest BCUT2D eigenvalue weighted by Gasteiger charge is -2.31. The van der Waals surface area contributed by atoms with Gasteiger partial charge in [-0.2, -0.15) is 0 Å². The number of pyridine rings is 2. The Morgan fingerprint density at radius 2 is 2.06 bits per heavy atom. The van der Waals surface area contributed by atoms with Gasteiger partial charge in [0.25, 0.3) is 5.56 Å². The number of aliphatic hydroxyl groups excluding tert-OH is 2. The molecule has 3 aliphatic rings. The summed E-state index contributed by atoms with van der Waals surface area (Å²) in [5, 5.41) is 31.7. The van der Waals surface area contributed by atoms with Gasteiger partial charge in [0.2, 0.25) is 0 Å². The Bertz CT molecular complexity index is 1530. The van der Waals surface area contributed by atoms with Crippen LogP contribution in [0, 0.1) is 12.7 Å². The molecule has 188 valence electrons. The summed E-state index contributed by atoms with van der Waals surface area (Å²) in [4.78, 5) is 30.8. The van der Waals surface area contributed by atoms with E-state index in [1.807, 2.05) is 0 Å². The van der Waals surface area contributed by atoms with E-state index in [9.17, 15) is 29.3 Å². The number of halogens is 1. The van der Waals surface area contributed by atoms with Gasteiger partial charge in [-0.05, 0) is 61.3 Å². The Morgan fingerprint density at radius 1 is 1.28 bits per heavy atom. The van der Waals surface area contributed by atoms with Crippen LogP contribution < -0.4 is 5.56 Å². The molecule has 0 saturated heterocycles. The highest BCUT2D eigenvalue weighted by molar-refractivity contribution is 5.93. The van der Waals surface area contributed by atoms with E-state index in [0.717, 1.165) is 22.1 Å². The minimum atomic E-state index is -1.93. The molecule has 0 bridgehead atoms. The second kappa shape index (κ2) is 7.93. The average Bonchev–Trinajstić information content (AvgIpc) is 3.24. The second-order valence-corrected chi connectivity index (χ2v) is 10.1. The largest absolute Gasteiger partial charge is 0.458 e. The molecule has 0 radical (unpaired) electrons. The van der Waals surface area contributed by atoms with Crippen molar-refractivity contribution in [1.29, 1.82) is 0 Å². The Balaban J connectivity index is 1.66. The lowest BCUT2D eigenvalue weighted by atomic mass is 9.76. The quantitative estimate of drug-likeness (QED) is 0.372. The lowest BCUT2D eigenvalue weighted by molar-refractivity contribution is -0.172. The predicted octanol–water partition coefficient (Wildman–Crippen LogP) is 2.30. The van der Waals surface area contributed by atoms with E-state index in [-0.39, 0.29) is 54.6 Å². The van der Waals surface area contributed by atoms with Crippen LogP contribution in [0.25, 0.3) is 22.3 Å². The van der Waals surface area contributed by atoms with Gasteiger partial charge in [0.05, 0.1) is 41.7 Å². The topological polar surface area (TPSA) is 122 Å². The zero-order chi connectivity index (χ0) is 25.5. The zero-order valence-electron chi connectivity index (χ0n) is 20.1. The van der Waals surface area contributed by atoms with Gasteiger partial charge in [0.15, 0.2) is 5.60 Å². The van der Waals surface area contributed by atoms with Crippen LogP contribution in [-0.4, -0.2) is 43.6 Å². The van der Waals surface area contributed by atoms with E-state index in [1.165, 1.54) is 6.07 Å². The highest BCUT2D eigenvalue weighted by Gasteiger charge is 2.46. The SMILES string of the molecule is CC[C@@]1(O)C(=O)OCc2c1cc1n(c2=O)Cc2c-1nc1cc(F)c(C)c3c1c2C(CC(O)CO)CC3. The first-order valence-electron chi connectivity index (χ1n) is 12.3. The van der Waals surface area contributed by atoms with Gasteiger partial charge in [-0.15, -0.1) is 0 Å². The zero-order valence-corrected chi connectivity index (χ0v) is 20.1. The number of hydrogen-bond donors (Lipinski definition) is 3. The monoisotopic (exact) mass is 494 g/mol. The van der Waals surface area contributed by atoms with Crippen molar-refractivity contribution >= 4 is 16.9 Å². The van der Waals surface area contributed by atoms with Gasteiger partial charge in [-0.1, -0.05) is 6.92 Å². The fourth-order valence-corrected chi connectivity index (χ4v) is 6.29. The fourth-order valence-electron chi connectivity index (χ4n) is 6.29. The number of rotatable bonds is 4. The van der Waals surface area contributed by atoms with Crippen LogP contribution in [-0.2, 0) is 34.7 Å². The van der Waals surface area contributed by atoms with E-state index >= 15 is 0 Å². The van der Waals surface area contributed by atoms with Crippen molar-refractivity contribution in [3.63, 3.8) is 0 Å². The first kappa shape index (κ1) is 23.3. The van der Waals surface area contributed by atoms with Crippen molar-refractivity contribution in [2.75, 3.05) is 6.61 Å². The lowest BCUT2D eigenvalue weighted by Crippen LogP contribution is -2.44. The minimum Gasteiger partial charge on any atom is -0.458 e. The van der Waals surface area contributed by atoms with Gasteiger partial charge in [-0.25, -0.2) is 14.2 Å². The number of fused-ring (bicyclic) bond motifs is 5. The highest BCUT2D eigenvalue weighted by Crippen LogP contribution is 2.47. The number of esters is 1. The molecular formula is C27H27FN2O6. The average molecular weight is 495 g/mol. The number of hydrogen-bond acceptors (Lipinski definition) is 7. The Hall–Kier alpha value is -3.14. The molecule has 9 heteroatoms. The molecule has 6 rings (SSSR count). The molecule has 0 fully saturated rings. The molecule has 0 amide bonds. The summed E-state index contributed by atoms with van der Waals surface area (Å²) in [6, 6.07) is 3.05. The van der Waals surface area contributed by atoms with Crippen molar-refractivity contribution in [2.24, 2.45) is 0 Å². The normalized spacial score (nSPS) is 22.7. The summed E-state index contributed by atoms with van der Waals surface area (Å²) in [5.41, 5.74) is 2.80. The first-order valence-corrected chi connectivity index (χ1v) is 12.3. The van der Waals surface area contributed by atoms with Crippen molar-refractivity contribution < 1.29 is 29.2 Å². The summed E-state index contributed by atoms with van der Waals surface area (Å²) in [7, 11) is 0. The van der Waals surface area contributed by atoms with Gasteiger partial charge >= 0.3 is 5.97 Å². The van der Waals surface area contributed by atoms with Crippen LogP contribution >= 0.6 is 0 Å². The van der Waals surface area contributed by atoms with Gasteiger partial charge in [-0.3, -0.25) is 4.79 Å². The molecule has 2 unspecified atom stereocenters. The molecule has 0 saturated carbocycles. The molecule has 4 heterocycles. The number of carbonyl (C=O) groups excluding carboxylic acids is 1. The van der Waals surface area contributed by atoms with Crippen molar-refractivity contribution in [3.05, 3.63) is 61.7 Å². The van der Waals surface area contributed by atoms with Crippen LogP contribution in [0.5, 0.6) is 0 Å². The number of aryl methyl sites for hydroxylation is 1. The third-order valence-electron chi connectivity index (χ3n) is 8.26. The van der Waals surface area contributed by atoms with Crippen LogP contribution in [0.2, 0.25) is 0 Å². The molecular weight excluding hydrogens is 467 g/mol. The molecule has 2 aromatic heterocycles. The van der Waals surface area contributed by atoms with Crippen molar-refractivity contribution in [1.82, 2.24) is 9.55 Å². The Kier molecular flexibility index (Phi) is 5.13. The maximum Gasteiger partial charge on any atom is 0.343 e. The minimum absolute atomic E-state index is 0.0416. The molecule has 8 nitrogen and oxygen atoms in total. The van der Waals surface area contributed by atoms with E-state index < -0.39 is 17.7 Å². The molecule has 2 aliphatic heterocycles. The predicted molar refractivity (Wildman–Crippen MR) is 128 cm³/mol. The smallest absolute Gasteiger partial charge is 0.343 e. The molecule has 1 aliphatic carbocycles. The van der Waals surface area contributed by atoms with E-state index in [0.29, 0.717) is 41.7 Å². The van der Waals surface area contributed by atoms with Gasteiger partial charge in [0, 0.05) is 22.6 Å². The number of benzene rings is 1. The second-order valence-electron chi connectivity index (χ2n) is 10.1. The maximum absolute atomic E-state index is 14.9. The van der Waals surface area contributed by atoms with Crippen molar-refractivity contribution in [2.45, 2.75) is 70.3 Å². The maximum atomic E-state index is 14.9. The Morgan fingerprint density at radius 3 is 2.78 bits per heavy atom. The van der Waals surface area contributed by atoms with Crippen LogP contribution in [0.15, 0.2) is 16.9 Å². The number of aromatic nitrogens is 2. The Labute approximate surface area is 206 Å². The summed E-state index contributed by atoms with van der Waals surface area (Å²) < 4.78 is 21.6. The first-order chi connectivity index (χ1) is 17.2. The summed E-state index contributed by atoms with van der Waals surface area (Å²) in [5.74, 6) is -1.25. The number of ether oxygens (including phenoxy) is 1. The molecule has 3 N–H and O–H groups in total. The molecule has 3 atom stereocenters. The summed E-state index contributed by atoms with van der Waals surface area (Å²) >= 11 is 0. The summed E-state index contributed by atoms with van der Waals surface area (Å²) in [6.07, 6.45) is 0.760. The fraction of sp³-hybridized carbons (Fsp3) is 0.444. The number of cyclic esters (lactones) is 1.